The van der Waals surface area contributed by atoms with Gasteiger partial charge in [-0.15, -0.1) is 0 Å². The number of anilines is 1. The number of fused-ring (bicyclic) bond motifs is 1. The van der Waals surface area contributed by atoms with Crippen molar-refractivity contribution in [3.05, 3.63) is 95.3 Å². The molecule has 40 heavy (non-hydrogen) atoms. The molecule has 5 rings (SSSR count). The summed E-state index contributed by atoms with van der Waals surface area (Å²) in [6, 6.07) is 26.9. The van der Waals surface area contributed by atoms with E-state index in [-0.39, 0.29) is 11.5 Å². The van der Waals surface area contributed by atoms with Crippen LogP contribution in [0.25, 0.3) is 39.2 Å². The van der Waals surface area contributed by atoms with Crippen molar-refractivity contribution in [3.8, 4) is 39.3 Å². The van der Waals surface area contributed by atoms with Crippen molar-refractivity contribution >= 4 is 30.1 Å². The minimum atomic E-state index is -0.293. The summed E-state index contributed by atoms with van der Waals surface area (Å²) >= 11 is 0. The predicted octanol–water partition coefficient (Wildman–Crippen LogP) is 4.71. The van der Waals surface area contributed by atoms with Gasteiger partial charge in [-0.1, -0.05) is 72.8 Å². The van der Waals surface area contributed by atoms with Gasteiger partial charge in [0.05, 0.1) is 23.9 Å². The van der Waals surface area contributed by atoms with Crippen LogP contribution in [0.1, 0.15) is 0 Å². The van der Waals surface area contributed by atoms with E-state index >= 15 is 0 Å². The Morgan fingerprint density at radius 2 is 1.50 bits per heavy atom. The van der Waals surface area contributed by atoms with E-state index in [1.54, 1.807) is 33.3 Å². The van der Waals surface area contributed by atoms with Crippen molar-refractivity contribution in [1.29, 1.82) is 0 Å². The van der Waals surface area contributed by atoms with E-state index in [0.29, 0.717) is 34.3 Å². The van der Waals surface area contributed by atoms with E-state index < -0.39 is 0 Å². The van der Waals surface area contributed by atoms with Crippen LogP contribution in [0.3, 0.4) is 0 Å². The highest BCUT2D eigenvalue weighted by molar-refractivity contribution is 6.07. The molecule has 0 saturated heterocycles. The van der Waals surface area contributed by atoms with Crippen LogP contribution >= 0.6 is 0 Å². The third-order valence-corrected chi connectivity index (χ3v) is 6.34. The summed E-state index contributed by atoms with van der Waals surface area (Å²) in [5.41, 5.74) is 4.54. The number of benzene rings is 3. The van der Waals surface area contributed by atoms with Crippen molar-refractivity contribution in [2.75, 3.05) is 26.5 Å². The van der Waals surface area contributed by atoms with Gasteiger partial charge in [0.25, 0.3) is 5.56 Å². The Kier molecular flexibility index (Phi) is 7.49. The highest BCUT2D eigenvalue weighted by atomic mass is 16.5. The van der Waals surface area contributed by atoms with E-state index in [4.69, 9.17) is 9.72 Å². The molecule has 0 unspecified atom stereocenters. The molecule has 3 N–H and O–H groups in total. The average molecular weight is 533 g/mol. The molecule has 3 aromatic carbocycles. The number of nitrogens with one attached hydrogen (secondary N) is 3. The number of guanidine groups is 2. The third kappa shape index (κ3) is 4.97. The van der Waals surface area contributed by atoms with Crippen LogP contribution in [-0.2, 0) is 0 Å². The first-order valence-corrected chi connectivity index (χ1v) is 12.5. The Morgan fingerprint density at radius 1 is 0.875 bits per heavy atom. The van der Waals surface area contributed by atoms with Crippen molar-refractivity contribution in [2.24, 2.45) is 15.0 Å². The van der Waals surface area contributed by atoms with Gasteiger partial charge in [-0.2, -0.15) is 4.52 Å². The monoisotopic (exact) mass is 532 g/mol. The number of ether oxygens (including phenoxy) is 1. The van der Waals surface area contributed by atoms with Crippen LogP contribution in [0.2, 0.25) is 0 Å². The summed E-state index contributed by atoms with van der Waals surface area (Å²) in [6.07, 6.45) is 0. The van der Waals surface area contributed by atoms with Gasteiger partial charge in [-0.25, -0.2) is 9.98 Å². The van der Waals surface area contributed by atoms with Crippen molar-refractivity contribution in [1.82, 2.24) is 19.9 Å². The first-order valence-electron chi connectivity index (χ1n) is 12.5. The normalized spacial score (nSPS) is 11.9. The molecule has 200 valence electrons. The second kappa shape index (κ2) is 11.5. The molecule has 0 fully saturated rings. The summed E-state index contributed by atoms with van der Waals surface area (Å²) < 4.78 is 6.81. The fourth-order valence-corrected chi connectivity index (χ4v) is 4.40. The first kappa shape index (κ1) is 26.1. The maximum absolute atomic E-state index is 14.2. The van der Waals surface area contributed by atoms with Gasteiger partial charge in [0.15, 0.2) is 5.65 Å². The summed E-state index contributed by atoms with van der Waals surface area (Å²) in [5, 5.41) is 9.49. The Hall–Kier alpha value is -5.51. The zero-order valence-electron chi connectivity index (χ0n) is 22.3. The molecule has 0 spiro atoms. The van der Waals surface area contributed by atoms with E-state index in [0.717, 1.165) is 22.4 Å². The molecule has 10 heteroatoms. The van der Waals surface area contributed by atoms with Gasteiger partial charge in [-0.05, 0) is 30.0 Å². The van der Waals surface area contributed by atoms with Crippen LogP contribution in [-0.4, -0.2) is 54.4 Å². The Labute approximate surface area is 230 Å². The molecule has 0 amide bonds. The molecule has 10 nitrogen and oxygen atoms in total. The molecule has 0 aliphatic carbocycles. The molecular weight excluding hydrogens is 504 g/mol. The number of rotatable bonds is 5. The van der Waals surface area contributed by atoms with Gasteiger partial charge >= 0.3 is 0 Å². The number of aromatic nitrogens is 3. The smallest absolute Gasteiger partial charge is 0.282 e. The molecule has 0 aliphatic heterocycles. The second-order valence-electron chi connectivity index (χ2n) is 8.65. The first-order chi connectivity index (χ1) is 19.6. The van der Waals surface area contributed by atoms with Crippen LogP contribution < -0.4 is 20.9 Å². The van der Waals surface area contributed by atoms with E-state index in [1.165, 1.54) is 4.52 Å². The Bertz CT molecular complexity index is 1770. The number of hydrogen-bond donors (Lipinski definition) is 3. The molecule has 0 aliphatic rings. The largest absolute Gasteiger partial charge is 0.497 e. The molecular formula is C30H28N8O2. The minimum Gasteiger partial charge on any atom is -0.497 e. The molecule has 0 bridgehead atoms. The predicted molar refractivity (Wildman–Crippen MR) is 162 cm³/mol. The standard InChI is InChI=1S/C30H28N8O2/c1-31-29(32-2)36-30(33-3)35-26-24(20-15-17-22(40-4)18-16-20)28(39)38-27(34-26)23(19-11-7-5-8-12-19)25(37-38)21-13-9-6-10-14-21/h5-18,37H,1H2,2-4H3,(H2,32,33,35,36). The van der Waals surface area contributed by atoms with E-state index in [2.05, 4.69) is 37.4 Å². The van der Waals surface area contributed by atoms with E-state index in [1.807, 2.05) is 72.8 Å². The fraction of sp³-hybridized carbons (Fsp3) is 0.100. The topological polar surface area (TPSA) is 121 Å². The van der Waals surface area contributed by atoms with Gasteiger partial charge in [-0.3, -0.25) is 25.2 Å². The van der Waals surface area contributed by atoms with Gasteiger partial charge in [0.2, 0.25) is 11.9 Å². The van der Waals surface area contributed by atoms with Gasteiger partial charge in [0.1, 0.15) is 11.6 Å². The number of aromatic amines is 1. The SMILES string of the molecule is C=NC(=NC)NC(=NC)Nc1nc2c(-c3ccccc3)c(-c3ccccc3)[nH]n2c(=O)c1-c1ccc(OC)cc1. The Balaban J connectivity index is 1.81. The fourth-order valence-electron chi connectivity index (χ4n) is 4.40. The van der Waals surface area contributed by atoms with Crippen LogP contribution in [0.4, 0.5) is 5.82 Å². The summed E-state index contributed by atoms with van der Waals surface area (Å²) in [4.78, 5) is 31.4. The third-order valence-electron chi connectivity index (χ3n) is 6.34. The van der Waals surface area contributed by atoms with Gasteiger partial charge < -0.3 is 10.1 Å². The average Bonchev–Trinajstić information content (AvgIpc) is 3.40. The summed E-state index contributed by atoms with van der Waals surface area (Å²) in [6.45, 7) is 3.53. The number of aliphatic imine (C=N–C) groups is 3. The van der Waals surface area contributed by atoms with Crippen molar-refractivity contribution in [3.63, 3.8) is 0 Å². The highest BCUT2D eigenvalue weighted by Crippen LogP contribution is 2.35. The molecule has 0 atom stereocenters. The Morgan fingerprint density at radius 3 is 2.08 bits per heavy atom. The van der Waals surface area contributed by atoms with Crippen molar-refractivity contribution in [2.45, 2.75) is 0 Å². The second-order valence-corrected chi connectivity index (χ2v) is 8.65. The number of nitrogens with zero attached hydrogens (tertiary/aromatic N) is 5. The lowest BCUT2D eigenvalue weighted by atomic mass is 10.0. The molecule has 2 aromatic heterocycles. The molecule has 5 aromatic rings. The maximum atomic E-state index is 14.2. The number of H-pyrrole nitrogens is 1. The van der Waals surface area contributed by atoms with Crippen LogP contribution in [0.5, 0.6) is 5.75 Å². The van der Waals surface area contributed by atoms with Crippen LogP contribution in [0.15, 0.2) is 105 Å². The lowest BCUT2D eigenvalue weighted by Crippen LogP contribution is -2.36. The minimum absolute atomic E-state index is 0.259. The zero-order chi connectivity index (χ0) is 28.1. The highest BCUT2D eigenvalue weighted by Gasteiger charge is 2.23. The van der Waals surface area contributed by atoms with Crippen LogP contribution in [0, 0.1) is 0 Å². The van der Waals surface area contributed by atoms with E-state index in [9.17, 15) is 4.79 Å². The van der Waals surface area contributed by atoms with Gasteiger partial charge in [0, 0.05) is 19.7 Å². The quantitative estimate of drug-likeness (QED) is 0.224. The number of hydrogen-bond acceptors (Lipinski definition) is 5. The molecule has 0 radical (unpaired) electrons. The lowest BCUT2D eigenvalue weighted by Gasteiger charge is -2.14. The molecule has 2 heterocycles. The summed E-state index contributed by atoms with van der Waals surface area (Å²) in [7, 11) is 4.78. The molecule has 0 saturated carbocycles. The summed E-state index contributed by atoms with van der Waals surface area (Å²) in [5.74, 6) is 1.52. The maximum Gasteiger partial charge on any atom is 0.282 e. The lowest BCUT2D eigenvalue weighted by molar-refractivity contribution is 0.415. The zero-order valence-corrected chi connectivity index (χ0v) is 22.3. The number of methoxy groups -OCH3 is 1. The van der Waals surface area contributed by atoms with Crippen molar-refractivity contribution < 1.29 is 4.74 Å².